The molecule has 0 aliphatic heterocycles. The van der Waals surface area contributed by atoms with E-state index in [1.807, 2.05) is 0 Å². The van der Waals surface area contributed by atoms with Crippen LogP contribution >= 0.6 is 25.3 Å². The highest BCUT2D eigenvalue weighted by atomic mass is 32.1. The second kappa shape index (κ2) is 64.3. The number of thiol groups is 2. The third kappa shape index (κ3) is 48.2. The van der Waals surface area contributed by atoms with E-state index >= 15 is 0 Å². The molecular formula is C82H145N31O20S2. The largest absolute Gasteiger partial charge is 0.480 e. The minimum Gasteiger partial charge on any atom is -0.480 e. The van der Waals surface area contributed by atoms with Gasteiger partial charge in [-0.2, -0.15) is 25.3 Å². The number of carboxylic acid groups (broad SMARTS) is 1. The molecule has 760 valence electrons. The Hall–Kier alpha value is -12.7. The first kappa shape index (κ1) is 120. The van der Waals surface area contributed by atoms with Gasteiger partial charge in [-0.3, -0.25) is 103 Å². The molecule has 0 saturated heterocycles. The summed E-state index contributed by atoms with van der Waals surface area (Å²) < 4.78 is 0. The van der Waals surface area contributed by atoms with Crippen molar-refractivity contribution in [2.75, 3.05) is 50.8 Å². The molecule has 1 rings (SSSR count). The molecule has 0 radical (unpaired) electrons. The zero-order valence-electron chi connectivity index (χ0n) is 77.9. The molecule has 1 aromatic rings. The van der Waals surface area contributed by atoms with Crippen molar-refractivity contribution in [2.45, 2.75) is 268 Å². The van der Waals surface area contributed by atoms with E-state index in [1.54, 1.807) is 71.9 Å². The van der Waals surface area contributed by atoms with Crippen LogP contribution in [0.4, 0.5) is 0 Å². The van der Waals surface area contributed by atoms with Crippen molar-refractivity contribution >= 4 is 155 Å². The minimum atomic E-state index is -1.91. The third-order valence-corrected chi connectivity index (χ3v) is 21.6. The summed E-state index contributed by atoms with van der Waals surface area (Å²) in [5.74, 6) is -23.1. The minimum absolute atomic E-state index is 0.00660. The van der Waals surface area contributed by atoms with E-state index in [1.165, 1.54) is 13.8 Å². The molecule has 0 bridgehead atoms. The summed E-state index contributed by atoms with van der Waals surface area (Å²) in [6.07, 6.45) is -2.01. The van der Waals surface area contributed by atoms with Gasteiger partial charge in [-0.1, -0.05) is 92.1 Å². The number of carboxylic acids is 1. The van der Waals surface area contributed by atoms with Gasteiger partial charge in [0.25, 0.3) is 0 Å². The quantitative estimate of drug-likeness (QED) is 0.0125. The number of aliphatic hydroxyl groups is 1. The molecule has 0 heterocycles. The summed E-state index contributed by atoms with van der Waals surface area (Å²) in [5.41, 5.74) is 44.8. The zero-order chi connectivity index (χ0) is 102. The standard InChI is InChI=1S/C82H145N31O20S2/c1-10-43(8)62(77(131)104-49(24-17-31-96-80(89)90)68(122)107-53(34-40(2)3)70(124)109-56(38-134)73(127)101-48(23-16-30-95-79(87)88)67(121)105-52(78(132)133)26-19-33-98-82(93)94)113-69(123)50(25-18-32-97-81(91)92)103-75(129)61(42(6)7)112-72(126)54(35-45-20-12-11-13-21-45)108-71(125)55(36-59(86)116)106-63(117)44(9)99-65(119)51(27-28-58(85)115)102-66(120)47(22-14-15-29-83)100-74(128)57(39-135)110-76(130)60(41(4)5)111-64(118)46(84)37-114/h11-13,20-21,40-44,46-57,60-62,114,134-135H,10,14-19,22-39,83-84H2,1-9H3,(H2,85,115)(H2,86,116)(H,99,119)(H,100,128)(H,101,127)(H,102,120)(H,103,129)(H,104,131)(H,105,121)(H,106,117)(H,107,122)(H,108,125)(H,109,124)(H,110,130)(H,111,118)(H,112,126)(H,113,123)(H,132,133)(H4,87,88,95)(H4,89,90,96)(H4,91,92,97)(H4,93,94,98)/t43-,44-,46-,47-,48-,49-,50-,51-,52-,53-,54-,55-,56-,57-,60-,61-,62-/m0/s1. The zero-order valence-corrected chi connectivity index (χ0v) is 79.7. The van der Waals surface area contributed by atoms with Crippen LogP contribution in [0.1, 0.15) is 171 Å². The van der Waals surface area contributed by atoms with Crippen LogP contribution in [-0.4, -0.2) is 288 Å². The number of nitrogens with one attached hydrogen (secondary N) is 23. The average Bonchev–Trinajstić information content (AvgIpc) is 0.850. The van der Waals surface area contributed by atoms with Gasteiger partial charge in [-0.15, -0.1) is 0 Å². The Morgan fingerprint density at radius 3 is 1.07 bits per heavy atom. The molecule has 17 atom stereocenters. The van der Waals surface area contributed by atoms with E-state index in [9.17, 15) is 96.5 Å². The SMILES string of the molecule is CC[C@H](C)[C@H](NC(=O)[C@H](CCCNC(=N)N)NC(=O)[C@@H](NC(=O)[C@H](Cc1ccccc1)NC(=O)[C@H](CC(N)=O)NC(=O)[C@H](C)NC(=O)[C@H](CCC(N)=O)NC(=O)[C@H](CCCCN)NC(=O)[C@H](CS)NC(=O)[C@@H](NC(=O)[C@@H](N)CO)C(C)C)C(C)C)C(=O)N[C@@H](CCCNC(=N)N)C(=O)N[C@@H](CC(C)C)C(=O)N[C@@H](CS)C(=O)N[C@@H](CCCNC(=N)N)C(=O)N[C@@H](CCCNC(=N)N)C(=O)O. The second-order valence-electron chi connectivity index (χ2n) is 33.4. The highest BCUT2D eigenvalue weighted by molar-refractivity contribution is 7.80. The number of guanidine groups is 4. The van der Waals surface area contributed by atoms with Crippen LogP contribution in [0.25, 0.3) is 0 Å². The van der Waals surface area contributed by atoms with Crippen molar-refractivity contribution in [2.24, 2.45) is 69.5 Å². The number of hydrogen-bond acceptors (Lipinski definition) is 27. The highest BCUT2D eigenvalue weighted by Gasteiger charge is 2.41. The fourth-order valence-electron chi connectivity index (χ4n) is 13.0. The van der Waals surface area contributed by atoms with E-state index in [0.717, 1.165) is 6.92 Å². The Bertz CT molecular complexity index is 4140. The number of benzene rings is 1. The first-order valence-corrected chi connectivity index (χ1v) is 45.7. The number of nitrogens with two attached hydrogens (primary N) is 8. The smallest absolute Gasteiger partial charge is 0.326 e. The van der Waals surface area contributed by atoms with Gasteiger partial charge in [0.15, 0.2) is 23.8 Å². The molecular weight excluding hydrogens is 1800 g/mol. The number of amides is 17. The number of rotatable bonds is 67. The van der Waals surface area contributed by atoms with E-state index < -0.39 is 265 Å². The van der Waals surface area contributed by atoms with E-state index in [0.29, 0.717) is 12.0 Å². The molecule has 41 N–H and O–H groups in total. The number of unbranched alkanes of at least 4 members (excludes halogenated alkanes) is 1. The lowest BCUT2D eigenvalue weighted by molar-refractivity contribution is -0.142. The Labute approximate surface area is 795 Å². The van der Waals surface area contributed by atoms with Crippen LogP contribution in [0.3, 0.4) is 0 Å². The number of hydrogen-bond donors (Lipinski definition) is 35. The van der Waals surface area contributed by atoms with Crippen LogP contribution in [0.15, 0.2) is 30.3 Å². The van der Waals surface area contributed by atoms with Crippen LogP contribution < -0.4 is 147 Å². The molecule has 0 aliphatic carbocycles. The number of aliphatic carboxylic acids is 1. The normalized spacial score (nSPS) is 14.9. The Kier molecular flexibility index (Phi) is 57.3. The summed E-state index contributed by atoms with van der Waals surface area (Å²) in [6.45, 7) is 13.7. The maximum atomic E-state index is 15.0. The average molecular weight is 1950 g/mol. The van der Waals surface area contributed by atoms with Crippen molar-refractivity contribution in [3.8, 4) is 0 Å². The monoisotopic (exact) mass is 1950 g/mol. The lowest BCUT2D eigenvalue weighted by Gasteiger charge is -2.30. The molecule has 135 heavy (non-hydrogen) atoms. The summed E-state index contributed by atoms with van der Waals surface area (Å²) in [4.78, 5) is 251. The topological polar surface area (TPSA) is 880 Å². The number of carbonyl (C=O) groups is 18. The van der Waals surface area contributed by atoms with Gasteiger partial charge in [0, 0.05) is 50.5 Å². The van der Waals surface area contributed by atoms with Gasteiger partial charge >= 0.3 is 5.97 Å². The van der Waals surface area contributed by atoms with Gasteiger partial charge in [0.1, 0.15) is 96.7 Å². The Morgan fingerprint density at radius 2 is 0.681 bits per heavy atom. The van der Waals surface area contributed by atoms with Gasteiger partial charge in [0.05, 0.1) is 13.0 Å². The van der Waals surface area contributed by atoms with Crippen molar-refractivity contribution in [3.63, 3.8) is 0 Å². The summed E-state index contributed by atoms with van der Waals surface area (Å²) in [6, 6.07) is -16.4. The molecule has 0 fully saturated rings. The van der Waals surface area contributed by atoms with Gasteiger partial charge in [-0.25, -0.2) is 4.79 Å². The molecule has 0 spiro atoms. The lowest BCUT2D eigenvalue weighted by Crippen LogP contribution is -2.62. The highest BCUT2D eigenvalue weighted by Crippen LogP contribution is 2.17. The molecule has 0 aliphatic rings. The van der Waals surface area contributed by atoms with Crippen LogP contribution in [0, 0.1) is 45.3 Å². The predicted molar refractivity (Wildman–Crippen MR) is 506 cm³/mol. The van der Waals surface area contributed by atoms with Gasteiger partial charge < -0.3 is 157 Å². The third-order valence-electron chi connectivity index (χ3n) is 20.8. The van der Waals surface area contributed by atoms with E-state index in [-0.39, 0.29) is 140 Å². The maximum absolute atomic E-state index is 15.0. The molecule has 51 nitrogen and oxygen atoms in total. The van der Waals surface area contributed by atoms with Gasteiger partial charge in [-0.05, 0) is 126 Å². The first-order chi connectivity index (χ1) is 63.4. The Morgan fingerprint density at radius 1 is 0.363 bits per heavy atom. The van der Waals surface area contributed by atoms with Crippen molar-refractivity contribution in [1.82, 2.24) is 101 Å². The van der Waals surface area contributed by atoms with E-state index in [4.69, 9.17) is 67.5 Å². The van der Waals surface area contributed by atoms with Crippen molar-refractivity contribution in [3.05, 3.63) is 35.9 Å². The maximum Gasteiger partial charge on any atom is 0.326 e. The molecule has 0 aromatic heterocycles. The fourth-order valence-corrected chi connectivity index (χ4v) is 13.6. The van der Waals surface area contributed by atoms with Crippen LogP contribution in [0.2, 0.25) is 0 Å². The molecule has 0 unspecified atom stereocenters. The summed E-state index contributed by atoms with van der Waals surface area (Å²) in [7, 11) is 0. The van der Waals surface area contributed by atoms with Gasteiger partial charge in [0.2, 0.25) is 100 Å². The second-order valence-corrected chi connectivity index (χ2v) is 34.2. The summed E-state index contributed by atoms with van der Waals surface area (Å²) in [5, 5.41) is 98.0. The summed E-state index contributed by atoms with van der Waals surface area (Å²) >= 11 is 8.52. The number of primary amides is 2. The van der Waals surface area contributed by atoms with E-state index in [2.05, 4.69) is 126 Å². The fraction of sp³-hybridized carbons (Fsp3) is 0.659. The predicted octanol–water partition coefficient (Wildman–Crippen LogP) is -9.49. The molecule has 1 aromatic carbocycles. The molecule has 0 saturated carbocycles. The van der Waals surface area contributed by atoms with Crippen LogP contribution in [-0.2, 0) is 92.7 Å². The van der Waals surface area contributed by atoms with Crippen molar-refractivity contribution in [1.29, 1.82) is 21.6 Å². The number of carbonyl (C=O) groups excluding carboxylic acids is 17. The molecule has 53 heteroatoms. The first-order valence-electron chi connectivity index (χ1n) is 44.4. The Balaban J connectivity index is 3.82. The van der Waals surface area contributed by atoms with Crippen molar-refractivity contribution < 1.29 is 96.5 Å². The molecule has 17 amide bonds. The number of aliphatic hydroxyl groups excluding tert-OH is 1. The lowest BCUT2D eigenvalue weighted by atomic mass is 9.96. The van der Waals surface area contributed by atoms with Crippen LogP contribution in [0.5, 0.6) is 0 Å².